The van der Waals surface area contributed by atoms with E-state index in [0.717, 1.165) is 57.5 Å². The van der Waals surface area contributed by atoms with Crippen LogP contribution >= 0.6 is 24.0 Å². The highest BCUT2D eigenvalue weighted by molar-refractivity contribution is 14.0. The number of piperazine rings is 1. The van der Waals surface area contributed by atoms with E-state index < -0.39 is 0 Å². The summed E-state index contributed by atoms with van der Waals surface area (Å²) in [6.45, 7) is 5.64. The number of guanidine groups is 1. The molecule has 4 aromatic rings. The van der Waals surface area contributed by atoms with Crippen molar-refractivity contribution in [1.82, 2.24) is 30.3 Å². The maximum atomic E-state index is 5.35. The first-order valence-corrected chi connectivity index (χ1v) is 11.4. The quantitative estimate of drug-likeness (QED) is 0.208. The molecule has 5 rings (SSSR count). The van der Waals surface area contributed by atoms with Crippen LogP contribution < -0.4 is 5.32 Å². The predicted octanol–water partition coefficient (Wildman–Crippen LogP) is 3.77. The topological polar surface area (TPSA) is 85.6 Å². The van der Waals surface area contributed by atoms with Crippen molar-refractivity contribution in [2.24, 2.45) is 4.99 Å². The fourth-order valence-electron chi connectivity index (χ4n) is 4.34. The number of H-pyrrole nitrogens is 1. The zero-order chi connectivity index (χ0) is 22.5. The molecule has 1 aliphatic rings. The van der Waals surface area contributed by atoms with E-state index in [9.17, 15) is 0 Å². The molecule has 2 aromatic heterocycles. The Balaban J connectivity index is 0.00000274. The molecule has 1 aliphatic heterocycles. The molecule has 2 aromatic carbocycles. The van der Waals surface area contributed by atoms with Gasteiger partial charge >= 0.3 is 0 Å². The van der Waals surface area contributed by atoms with Gasteiger partial charge in [-0.05, 0) is 28.5 Å². The highest BCUT2D eigenvalue weighted by atomic mass is 127. The first-order chi connectivity index (χ1) is 16.3. The molecule has 0 bridgehead atoms. The Labute approximate surface area is 216 Å². The van der Waals surface area contributed by atoms with Crippen LogP contribution in [0.3, 0.4) is 0 Å². The third-order valence-corrected chi connectivity index (χ3v) is 6.08. The van der Waals surface area contributed by atoms with E-state index in [1.807, 2.05) is 19.2 Å². The number of nitrogens with one attached hydrogen (secondary N) is 2. The maximum Gasteiger partial charge on any atom is 0.216 e. The lowest BCUT2D eigenvalue weighted by atomic mass is 10.0. The van der Waals surface area contributed by atoms with Gasteiger partial charge in [0.05, 0.1) is 6.26 Å². The van der Waals surface area contributed by atoms with Crippen molar-refractivity contribution in [3.63, 3.8) is 0 Å². The van der Waals surface area contributed by atoms with Crippen LogP contribution in [0.1, 0.15) is 11.4 Å². The Morgan fingerprint density at radius 3 is 2.68 bits per heavy atom. The molecule has 3 heterocycles. The van der Waals surface area contributed by atoms with Gasteiger partial charge < -0.3 is 14.6 Å². The van der Waals surface area contributed by atoms with E-state index in [1.54, 1.807) is 6.26 Å². The van der Waals surface area contributed by atoms with E-state index in [1.165, 1.54) is 16.3 Å². The Bertz CT molecular complexity index is 1210. The lowest BCUT2D eigenvalue weighted by Crippen LogP contribution is -2.52. The molecular weight excluding hydrogens is 541 g/mol. The second-order valence-electron chi connectivity index (χ2n) is 8.21. The highest BCUT2D eigenvalue weighted by Gasteiger charge is 2.20. The molecule has 0 unspecified atom stereocenters. The standard InChI is InChI=1S/C25H29N7O.HI/c1-26-25(27-12-11-23-28-24(30-29-23)22-10-5-17-33-22)32-15-13-31(14-16-32)18-20-8-4-7-19-6-2-3-9-21(19)20;/h2-10,17H,11-16,18H2,1H3,(H,26,27)(H,28,29,30);1H. The molecule has 2 N–H and O–H groups in total. The van der Waals surface area contributed by atoms with E-state index in [2.05, 4.69) is 77.8 Å². The number of aromatic nitrogens is 3. The minimum absolute atomic E-state index is 0. The minimum Gasteiger partial charge on any atom is -0.461 e. The van der Waals surface area contributed by atoms with Gasteiger partial charge in [0.1, 0.15) is 5.82 Å². The first-order valence-electron chi connectivity index (χ1n) is 11.4. The predicted molar refractivity (Wildman–Crippen MR) is 145 cm³/mol. The van der Waals surface area contributed by atoms with Gasteiger partial charge in [0, 0.05) is 52.7 Å². The van der Waals surface area contributed by atoms with Crippen LogP contribution in [0, 0.1) is 0 Å². The summed E-state index contributed by atoms with van der Waals surface area (Å²) in [6, 6.07) is 18.9. The second-order valence-corrected chi connectivity index (χ2v) is 8.21. The molecule has 0 aliphatic carbocycles. The number of rotatable bonds is 6. The number of benzene rings is 2. The third-order valence-electron chi connectivity index (χ3n) is 6.08. The van der Waals surface area contributed by atoms with Crippen LogP contribution in [0.25, 0.3) is 22.4 Å². The van der Waals surface area contributed by atoms with Gasteiger partial charge in [0.15, 0.2) is 11.7 Å². The number of fused-ring (bicyclic) bond motifs is 1. The summed E-state index contributed by atoms with van der Waals surface area (Å²) in [5.41, 5.74) is 1.39. The summed E-state index contributed by atoms with van der Waals surface area (Å²) < 4.78 is 5.35. The van der Waals surface area contributed by atoms with Crippen molar-refractivity contribution in [1.29, 1.82) is 0 Å². The Kier molecular flexibility index (Phi) is 8.17. The lowest BCUT2D eigenvalue weighted by Gasteiger charge is -2.36. The van der Waals surface area contributed by atoms with Crippen molar-refractivity contribution in [2.45, 2.75) is 13.0 Å². The second kappa shape index (κ2) is 11.5. The zero-order valence-electron chi connectivity index (χ0n) is 19.3. The highest BCUT2D eigenvalue weighted by Crippen LogP contribution is 2.20. The minimum atomic E-state index is 0. The summed E-state index contributed by atoms with van der Waals surface area (Å²) in [5.74, 6) is 3.01. The van der Waals surface area contributed by atoms with E-state index >= 15 is 0 Å². The number of furan rings is 1. The largest absolute Gasteiger partial charge is 0.461 e. The number of halogens is 1. The Morgan fingerprint density at radius 2 is 1.88 bits per heavy atom. The summed E-state index contributed by atoms with van der Waals surface area (Å²) in [7, 11) is 1.84. The average molecular weight is 571 g/mol. The van der Waals surface area contributed by atoms with E-state index in [-0.39, 0.29) is 24.0 Å². The molecule has 178 valence electrons. The van der Waals surface area contributed by atoms with Crippen molar-refractivity contribution in [3.05, 3.63) is 72.2 Å². The van der Waals surface area contributed by atoms with Gasteiger partial charge in [-0.3, -0.25) is 15.0 Å². The fourth-order valence-corrected chi connectivity index (χ4v) is 4.34. The SMILES string of the molecule is CN=C(NCCc1nc(-c2ccco2)n[nH]1)N1CCN(Cc2cccc3ccccc23)CC1.I. The average Bonchev–Trinajstić information content (AvgIpc) is 3.55. The number of hydrogen-bond acceptors (Lipinski definition) is 5. The molecule has 0 amide bonds. The summed E-state index contributed by atoms with van der Waals surface area (Å²) in [5, 5.41) is 13.3. The van der Waals surface area contributed by atoms with Gasteiger partial charge in [-0.15, -0.1) is 24.0 Å². The van der Waals surface area contributed by atoms with Gasteiger partial charge in [0.25, 0.3) is 0 Å². The monoisotopic (exact) mass is 571 g/mol. The molecule has 0 radical (unpaired) electrons. The molecule has 8 nitrogen and oxygen atoms in total. The molecule has 0 saturated carbocycles. The van der Waals surface area contributed by atoms with Crippen LogP contribution in [-0.2, 0) is 13.0 Å². The van der Waals surface area contributed by atoms with Gasteiger partial charge in [-0.2, -0.15) is 5.10 Å². The van der Waals surface area contributed by atoms with E-state index in [4.69, 9.17) is 4.42 Å². The molecule has 0 atom stereocenters. The Morgan fingerprint density at radius 1 is 1.06 bits per heavy atom. The molecule has 9 heteroatoms. The maximum absolute atomic E-state index is 5.35. The van der Waals surface area contributed by atoms with Crippen LogP contribution in [-0.4, -0.2) is 70.7 Å². The van der Waals surface area contributed by atoms with Gasteiger partial charge in [0.2, 0.25) is 5.82 Å². The molecule has 34 heavy (non-hydrogen) atoms. The van der Waals surface area contributed by atoms with E-state index in [0.29, 0.717) is 11.6 Å². The molecular formula is C25H30IN7O. The van der Waals surface area contributed by atoms with Crippen molar-refractivity contribution in [2.75, 3.05) is 39.8 Å². The third kappa shape index (κ3) is 5.58. The van der Waals surface area contributed by atoms with Crippen molar-refractivity contribution < 1.29 is 4.42 Å². The molecule has 1 saturated heterocycles. The van der Waals surface area contributed by atoms with Crippen molar-refractivity contribution in [3.8, 4) is 11.6 Å². The number of nitrogens with zero attached hydrogens (tertiary/aromatic N) is 5. The summed E-state index contributed by atoms with van der Waals surface area (Å²) >= 11 is 0. The Hall–Kier alpha value is -2.92. The lowest BCUT2D eigenvalue weighted by molar-refractivity contribution is 0.173. The van der Waals surface area contributed by atoms with Crippen molar-refractivity contribution >= 4 is 40.7 Å². The number of aliphatic imine (C=N–C) groups is 1. The summed E-state index contributed by atoms with van der Waals surface area (Å²) in [6.07, 6.45) is 2.35. The van der Waals surface area contributed by atoms with Gasteiger partial charge in [-0.1, -0.05) is 42.5 Å². The molecule has 1 fully saturated rings. The van der Waals surface area contributed by atoms with Crippen LogP contribution in [0.2, 0.25) is 0 Å². The smallest absolute Gasteiger partial charge is 0.216 e. The summed E-state index contributed by atoms with van der Waals surface area (Å²) in [4.78, 5) is 13.8. The molecule has 0 spiro atoms. The van der Waals surface area contributed by atoms with Gasteiger partial charge in [-0.25, -0.2) is 4.98 Å². The van der Waals surface area contributed by atoms with Crippen LogP contribution in [0.5, 0.6) is 0 Å². The van der Waals surface area contributed by atoms with Crippen LogP contribution in [0.4, 0.5) is 0 Å². The van der Waals surface area contributed by atoms with Crippen LogP contribution in [0.15, 0.2) is 70.3 Å². The zero-order valence-corrected chi connectivity index (χ0v) is 21.6. The first kappa shape index (κ1) is 24.2. The normalized spacial score (nSPS) is 14.9. The number of hydrogen-bond donors (Lipinski definition) is 2. The number of aromatic amines is 1. The fraction of sp³-hybridized carbons (Fsp3) is 0.320.